The van der Waals surface area contributed by atoms with Crippen molar-refractivity contribution in [1.82, 2.24) is 10.4 Å². The van der Waals surface area contributed by atoms with E-state index in [0.717, 1.165) is 16.2 Å². The van der Waals surface area contributed by atoms with Crippen molar-refractivity contribution >= 4 is 45.8 Å². The minimum atomic E-state index is -0.343. The summed E-state index contributed by atoms with van der Waals surface area (Å²) in [5, 5.41) is 8.76. The zero-order chi connectivity index (χ0) is 14.5. The van der Waals surface area contributed by atoms with Gasteiger partial charge in [-0.2, -0.15) is 5.10 Å². The lowest BCUT2D eigenvalue weighted by atomic mass is 10.4. The number of carbonyl (C=O) groups excluding carboxylic acids is 2. The van der Waals surface area contributed by atoms with Gasteiger partial charge in [0, 0.05) is 11.8 Å². The molecule has 0 saturated carbocycles. The van der Waals surface area contributed by atoms with Crippen LogP contribution in [0.4, 0.5) is 5.13 Å². The summed E-state index contributed by atoms with van der Waals surface area (Å²) >= 11 is 2.64. The van der Waals surface area contributed by atoms with Crippen molar-refractivity contribution in [3.05, 3.63) is 33.0 Å². The van der Waals surface area contributed by atoms with E-state index >= 15 is 0 Å². The first-order valence-corrected chi connectivity index (χ1v) is 7.38. The second-order valence-corrected chi connectivity index (χ2v) is 5.81. The highest BCUT2D eigenvalue weighted by atomic mass is 32.1. The number of aromatic nitrogens is 1. The minimum Gasteiger partial charge on any atom is -0.302 e. The monoisotopic (exact) mass is 308 g/mol. The van der Waals surface area contributed by atoms with Gasteiger partial charge in [-0.05, 0) is 18.4 Å². The number of thiophene rings is 1. The second-order valence-electron chi connectivity index (χ2n) is 3.83. The van der Waals surface area contributed by atoms with Crippen LogP contribution < -0.4 is 10.7 Å². The van der Waals surface area contributed by atoms with E-state index in [4.69, 9.17) is 0 Å². The molecule has 0 radical (unpaired) electrons. The first-order chi connectivity index (χ1) is 9.56. The number of amides is 2. The fraction of sp³-hybridized carbons (Fsp3) is 0.167. The normalized spacial score (nSPS) is 10.7. The van der Waals surface area contributed by atoms with Gasteiger partial charge in [0.25, 0.3) is 5.91 Å². The van der Waals surface area contributed by atoms with Gasteiger partial charge in [0.2, 0.25) is 5.91 Å². The predicted octanol–water partition coefficient (Wildman–Crippen LogP) is 2.24. The van der Waals surface area contributed by atoms with Crippen molar-refractivity contribution < 1.29 is 9.59 Å². The van der Waals surface area contributed by atoms with Crippen molar-refractivity contribution in [2.24, 2.45) is 5.10 Å². The van der Waals surface area contributed by atoms with Gasteiger partial charge in [0.15, 0.2) is 5.13 Å². The maximum Gasteiger partial charge on any atom is 0.283 e. The number of nitrogens with one attached hydrogen (secondary N) is 2. The Morgan fingerprint density at radius 2 is 2.25 bits per heavy atom. The Balaban J connectivity index is 2.02. The van der Waals surface area contributed by atoms with E-state index < -0.39 is 0 Å². The Morgan fingerprint density at radius 1 is 1.45 bits per heavy atom. The van der Waals surface area contributed by atoms with E-state index in [9.17, 15) is 9.59 Å². The standard InChI is InChI=1S/C12H12N4O2S2/c1-7-10(20-12(14-7)15-8(2)17)11(18)16-13-6-9-4-3-5-19-9/h3-6H,1-2H3,(H,16,18)(H,14,15,17)/b13-6+. The molecule has 2 rings (SSSR count). The van der Waals surface area contributed by atoms with Crippen LogP contribution in [-0.4, -0.2) is 23.0 Å². The van der Waals surface area contributed by atoms with Crippen LogP contribution in [0.5, 0.6) is 0 Å². The van der Waals surface area contributed by atoms with Crippen LogP contribution in [0.25, 0.3) is 0 Å². The summed E-state index contributed by atoms with van der Waals surface area (Å²) in [5.74, 6) is -0.564. The van der Waals surface area contributed by atoms with Crippen LogP contribution in [0.15, 0.2) is 22.6 Å². The molecule has 0 atom stereocenters. The number of aryl methyl sites for hydroxylation is 1. The Kier molecular flexibility index (Phi) is 4.59. The number of hydrogen-bond acceptors (Lipinski definition) is 6. The lowest BCUT2D eigenvalue weighted by Crippen LogP contribution is -2.17. The van der Waals surface area contributed by atoms with Crippen molar-refractivity contribution in [2.45, 2.75) is 13.8 Å². The molecule has 2 amide bonds. The van der Waals surface area contributed by atoms with Gasteiger partial charge in [0.05, 0.1) is 11.9 Å². The molecule has 0 spiro atoms. The first kappa shape index (κ1) is 14.4. The number of thiazole rings is 1. The van der Waals surface area contributed by atoms with Gasteiger partial charge in [-0.1, -0.05) is 17.4 Å². The predicted molar refractivity (Wildman–Crippen MR) is 80.5 cm³/mol. The Labute approximate surface area is 123 Å². The van der Waals surface area contributed by atoms with E-state index in [2.05, 4.69) is 20.8 Å². The molecule has 0 aliphatic heterocycles. The van der Waals surface area contributed by atoms with Gasteiger partial charge in [-0.15, -0.1) is 11.3 Å². The van der Waals surface area contributed by atoms with E-state index in [1.54, 1.807) is 13.1 Å². The molecule has 0 unspecified atom stereocenters. The number of hydrazone groups is 1. The fourth-order valence-corrected chi connectivity index (χ4v) is 2.87. The van der Waals surface area contributed by atoms with Crippen LogP contribution in [0, 0.1) is 6.92 Å². The van der Waals surface area contributed by atoms with Gasteiger partial charge < -0.3 is 5.32 Å². The lowest BCUT2D eigenvalue weighted by Gasteiger charge is -1.96. The molecule has 2 heterocycles. The van der Waals surface area contributed by atoms with Gasteiger partial charge in [-0.25, -0.2) is 10.4 Å². The Bertz CT molecular complexity index is 646. The van der Waals surface area contributed by atoms with Crippen molar-refractivity contribution in [2.75, 3.05) is 5.32 Å². The molecule has 0 saturated heterocycles. The molecule has 20 heavy (non-hydrogen) atoms. The average molecular weight is 308 g/mol. The number of anilines is 1. The van der Waals surface area contributed by atoms with Gasteiger partial charge in [-0.3, -0.25) is 9.59 Å². The summed E-state index contributed by atoms with van der Waals surface area (Å²) in [5.41, 5.74) is 3.00. The molecule has 0 aliphatic carbocycles. The zero-order valence-corrected chi connectivity index (χ0v) is 12.5. The van der Waals surface area contributed by atoms with Crippen LogP contribution in [-0.2, 0) is 4.79 Å². The molecule has 0 fully saturated rings. The maximum absolute atomic E-state index is 11.9. The topological polar surface area (TPSA) is 83.5 Å². The summed E-state index contributed by atoms with van der Waals surface area (Å²) in [6.45, 7) is 3.10. The lowest BCUT2D eigenvalue weighted by molar-refractivity contribution is -0.114. The van der Waals surface area contributed by atoms with E-state index in [1.807, 2.05) is 17.5 Å². The smallest absolute Gasteiger partial charge is 0.283 e. The molecule has 104 valence electrons. The molecule has 2 N–H and O–H groups in total. The highest BCUT2D eigenvalue weighted by Crippen LogP contribution is 2.22. The second kappa shape index (κ2) is 6.40. The minimum absolute atomic E-state index is 0.221. The molecule has 8 heteroatoms. The number of carbonyl (C=O) groups is 2. The van der Waals surface area contributed by atoms with E-state index in [0.29, 0.717) is 15.7 Å². The summed E-state index contributed by atoms with van der Waals surface area (Å²) in [7, 11) is 0. The molecule has 2 aromatic heterocycles. The van der Waals surface area contributed by atoms with Crippen LogP contribution in [0.1, 0.15) is 27.2 Å². The summed E-state index contributed by atoms with van der Waals surface area (Å²) < 4.78 is 0. The molecule has 6 nitrogen and oxygen atoms in total. The summed E-state index contributed by atoms with van der Waals surface area (Å²) in [4.78, 5) is 28.4. The maximum atomic E-state index is 11.9. The number of rotatable bonds is 4. The van der Waals surface area contributed by atoms with Crippen LogP contribution in [0.2, 0.25) is 0 Å². The SMILES string of the molecule is CC(=O)Nc1nc(C)c(C(=O)N/N=C/c2cccs2)s1. The number of nitrogens with zero attached hydrogens (tertiary/aromatic N) is 2. The average Bonchev–Trinajstić information content (AvgIpc) is 2.98. The Hall–Kier alpha value is -2.06. The molecular weight excluding hydrogens is 296 g/mol. The van der Waals surface area contributed by atoms with Crippen molar-refractivity contribution in [1.29, 1.82) is 0 Å². The summed E-state index contributed by atoms with van der Waals surface area (Å²) in [6, 6.07) is 3.80. The number of hydrogen-bond donors (Lipinski definition) is 2. The fourth-order valence-electron chi connectivity index (χ4n) is 1.38. The third-order valence-electron chi connectivity index (χ3n) is 2.19. The summed E-state index contributed by atoms with van der Waals surface area (Å²) in [6.07, 6.45) is 1.58. The van der Waals surface area contributed by atoms with Crippen molar-refractivity contribution in [3.8, 4) is 0 Å². The molecule has 2 aromatic rings. The third kappa shape index (κ3) is 3.72. The molecule has 0 aromatic carbocycles. The molecular formula is C12H12N4O2S2. The highest BCUT2D eigenvalue weighted by molar-refractivity contribution is 7.17. The van der Waals surface area contributed by atoms with Gasteiger partial charge >= 0.3 is 0 Å². The van der Waals surface area contributed by atoms with Gasteiger partial charge in [0.1, 0.15) is 4.88 Å². The van der Waals surface area contributed by atoms with Crippen LogP contribution >= 0.6 is 22.7 Å². The molecule has 0 aliphatic rings. The van der Waals surface area contributed by atoms with E-state index in [-0.39, 0.29) is 11.8 Å². The third-order valence-corrected chi connectivity index (χ3v) is 4.07. The Morgan fingerprint density at radius 3 is 2.90 bits per heavy atom. The van der Waals surface area contributed by atoms with Crippen LogP contribution in [0.3, 0.4) is 0 Å². The van der Waals surface area contributed by atoms with Crippen molar-refractivity contribution in [3.63, 3.8) is 0 Å². The largest absolute Gasteiger partial charge is 0.302 e. The first-order valence-electron chi connectivity index (χ1n) is 5.68. The highest BCUT2D eigenvalue weighted by Gasteiger charge is 2.15. The zero-order valence-electron chi connectivity index (χ0n) is 10.8. The quantitative estimate of drug-likeness (QED) is 0.671. The van der Waals surface area contributed by atoms with E-state index in [1.165, 1.54) is 18.3 Å². The molecule has 0 bridgehead atoms.